The van der Waals surface area contributed by atoms with Gasteiger partial charge in [0, 0.05) is 11.6 Å². The molecule has 2 aliphatic rings. The van der Waals surface area contributed by atoms with E-state index < -0.39 is 21.9 Å². The van der Waals surface area contributed by atoms with Crippen molar-refractivity contribution in [2.75, 3.05) is 0 Å². The van der Waals surface area contributed by atoms with Gasteiger partial charge in [-0.1, -0.05) is 0 Å². The van der Waals surface area contributed by atoms with Crippen molar-refractivity contribution < 1.29 is 27.2 Å². The number of rotatable bonds is 4. The summed E-state index contributed by atoms with van der Waals surface area (Å²) in [5.74, 6) is -1.18. The molecule has 4 rings (SSSR count). The summed E-state index contributed by atoms with van der Waals surface area (Å²) in [4.78, 5) is 24.3. The topological polar surface area (TPSA) is 93.9 Å². The zero-order valence-corrected chi connectivity index (χ0v) is 13.3. The standard InChI is InChI=1S/C16H13NO6S/c18-15-13-4-1-11(16(19)23-9-10-5-6-22-8-10)7-14(13)24(20,21)17(15)12-2-3-12/h1,4-8,12H,2-3,9H2. The van der Waals surface area contributed by atoms with Gasteiger partial charge >= 0.3 is 5.97 Å². The smallest absolute Gasteiger partial charge is 0.338 e. The molecule has 1 aromatic carbocycles. The number of ether oxygens (including phenoxy) is 1. The first-order valence-electron chi connectivity index (χ1n) is 7.39. The van der Waals surface area contributed by atoms with E-state index in [0.29, 0.717) is 18.4 Å². The van der Waals surface area contributed by atoms with E-state index in [1.165, 1.54) is 30.7 Å². The number of amides is 1. The maximum absolute atomic E-state index is 12.5. The van der Waals surface area contributed by atoms with Crippen LogP contribution in [0.2, 0.25) is 0 Å². The molecule has 0 N–H and O–H groups in total. The number of hydrogen-bond acceptors (Lipinski definition) is 6. The average Bonchev–Trinajstić information content (AvgIpc) is 3.19. The molecule has 124 valence electrons. The van der Waals surface area contributed by atoms with Gasteiger partial charge in [-0.2, -0.15) is 0 Å². The molecular formula is C16H13NO6S. The summed E-state index contributed by atoms with van der Waals surface area (Å²) in [6.07, 6.45) is 4.27. The predicted molar refractivity (Wildman–Crippen MR) is 80.6 cm³/mol. The van der Waals surface area contributed by atoms with Crippen molar-refractivity contribution in [2.24, 2.45) is 0 Å². The fourth-order valence-electron chi connectivity index (χ4n) is 2.65. The highest BCUT2D eigenvalue weighted by atomic mass is 32.2. The lowest BCUT2D eigenvalue weighted by Crippen LogP contribution is -2.31. The first kappa shape index (κ1) is 14.9. The molecule has 1 fully saturated rings. The lowest BCUT2D eigenvalue weighted by Gasteiger charge is -2.13. The average molecular weight is 347 g/mol. The maximum Gasteiger partial charge on any atom is 0.338 e. The molecule has 0 bridgehead atoms. The number of fused-ring (bicyclic) bond motifs is 1. The SMILES string of the molecule is O=C(OCc1ccoc1)c1ccc2c(c1)S(=O)(=O)N(C1CC1)C2=O. The van der Waals surface area contributed by atoms with E-state index >= 15 is 0 Å². The molecule has 0 unspecified atom stereocenters. The molecule has 24 heavy (non-hydrogen) atoms. The van der Waals surface area contributed by atoms with Crippen LogP contribution in [0, 0.1) is 0 Å². The molecule has 2 heterocycles. The Bertz CT molecular complexity index is 927. The van der Waals surface area contributed by atoms with Gasteiger partial charge in [0.05, 0.1) is 23.7 Å². The van der Waals surface area contributed by atoms with E-state index in [0.717, 1.165) is 4.31 Å². The number of hydrogen-bond donors (Lipinski definition) is 0. The Morgan fingerprint density at radius 1 is 1.29 bits per heavy atom. The fraction of sp³-hybridized carbons (Fsp3) is 0.250. The minimum absolute atomic E-state index is 0.0201. The predicted octanol–water partition coefficient (Wildman–Crippen LogP) is 1.94. The van der Waals surface area contributed by atoms with Gasteiger partial charge in [0.15, 0.2) is 0 Å². The van der Waals surface area contributed by atoms with E-state index in [4.69, 9.17) is 9.15 Å². The fourth-order valence-corrected chi connectivity index (χ4v) is 4.49. The molecule has 1 saturated carbocycles. The molecule has 1 aromatic heterocycles. The quantitative estimate of drug-likeness (QED) is 0.785. The van der Waals surface area contributed by atoms with Crippen LogP contribution in [0.4, 0.5) is 0 Å². The van der Waals surface area contributed by atoms with E-state index in [-0.39, 0.29) is 28.7 Å². The van der Waals surface area contributed by atoms with E-state index in [2.05, 4.69) is 0 Å². The van der Waals surface area contributed by atoms with Crippen LogP contribution in [0.3, 0.4) is 0 Å². The van der Waals surface area contributed by atoms with Crippen LogP contribution in [-0.4, -0.2) is 30.6 Å². The molecule has 0 radical (unpaired) electrons. The van der Waals surface area contributed by atoms with E-state index in [9.17, 15) is 18.0 Å². The molecule has 7 nitrogen and oxygen atoms in total. The Labute approximate surface area is 137 Å². The Hall–Kier alpha value is -2.61. The third-order valence-corrected chi connectivity index (χ3v) is 5.89. The minimum Gasteiger partial charge on any atom is -0.472 e. The lowest BCUT2D eigenvalue weighted by molar-refractivity contribution is 0.0471. The Morgan fingerprint density at radius 3 is 2.75 bits per heavy atom. The molecule has 1 aliphatic carbocycles. The molecule has 0 saturated heterocycles. The normalized spacial score (nSPS) is 18.5. The minimum atomic E-state index is -3.89. The van der Waals surface area contributed by atoms with Crippen molar-refractivity contribution in [3.8, 4) is 0 Å². The molecule has 1 amide bonds. The number of sulfonamides is 1. The second kappa shape index (κ2) is 5.20. The highest BCUT2D eigenvalue weighted by molar-refractivity contribution is 7.90. The lowest BCUT2D eigenvalue weighted by atomic mass is 10.1. The number of carbonyl (C=O) groups is 2. The molecule has 0 spiro atoms. The van der Waals surface area contributed by atoms with Crippen molar-refractivity contribution >= 4 is 21.9 Å². The largest absolute Gasteiger partial charge is 0.472 e. The van der Waals surface area contributed by atoms with Crippen molar-refractivity contribution in [3.05, 3.63) is 53.5 Å². The second-order valence-electron chi connectivity index (χ2n) is 5.76. The number of esters is 1. The van der Waals surface area contributed by atoms with Gasteiger partial charge in [-0.25, -0.2) is 17.5 Å². The van der Waals surface area contributed by atoms with Crippen molar-refractivity contribution in [1.82, 2.24) is 4.31 Å². The van der Waals surface area contributed by atoms with Gasteiger partial charge in [0.1, 0.15) is 11.5 Å². The summed E-state index contributed by atoms with van der Waals surface area (Å²) in [6.45, 7) is 0.0201. The molecule has 0 atom stereocenters. The molecule has 8 heteroatoms. The van der Waals surface area contributed by atoms with Crippen LogP contribution in [-0.2, 0) is 21.4 Å². The van der Waals surface area contributed by atoms with Crippen LogP contribution in [0.25, 0.3) is 0 Å². The summed E-state index contributed by atoms with van der Waals surface area (Å²) in [5.41, 5.74) is 0.881. The summed E-state index contributed by atoms with van der Waals surface area (Å²) in [5, 5.41) is 0. The highest BCUT2D eigenvalue weighted by Gasteiger charge is 2.48. The number of carbonyl (C=O) groups excluding carboxylic acids is 2. The maximum atomic E-state index is 12.5. The van der Waals surface area contributed by atoms with E-state index in [1.807, 2.05) is 0 Å². The van der Waals surface area contributed by atoms with Gasteiger partial charge in [-0.05, 0) is 37.1 Å². The van der Waals surface area contributed by atoms with Gasteiger partial charge < -0.3 is 9.15 Å². The molecule has 2 aromatic rings. The zero-order valence-electron chi connectivity index (χ0n) is 12.5. The second-order valence-corrected chi connectivity index (χ2v) is 7.54. The van der Waals surface area contributed by atoms with Gasteiger partial charge in [-0.3, -0.25) is 4.79 Å². The summed E-state index contributed by atoms with van der Waals surface area (Å²) in [7, 11) is -3.89. The Balaban J connectivity index is 1.61. The van der Waals surface area contributed by atoms with Crippen LogP contribution in [0.5, 0.6) is 0 Å². The Morgan fingerprint density at radius 2 is 2.08 bits per heavy atom. The van der Waals surface area contributed by atoms with Crippen molar-refractivity contribution in [1.29, 1.82) is 0 Å². The van der Waals surface area contributed by atoms with Gasteiger partial charge in [0.25, 0.3) is 15.9 Å². The molecular weight excluding hydrogens is 334 g/mol. The third-order valence-electron chi connectivity index (χ3n) is 4.01. The number of benzene rings is 1. The zero-order chi connectivity index (χ0) is 16.9. The summed E-state index contributed by atoms with van der Waals surface area (Å²) >= 11 is 0. The van der Waals surface area contributed by atoms with Gasteiger partial charge in [0.2, 0.25) is 0 Å². The van der Waals surface area contributed by atoms with Crippen LogP contribution < -0.4 is 0 Å². The third kappa shape index (κ3) is 2.30. The monoisotopic (exact) mass is 347 g/mol. The van der Waals surface area contributed by atoms with Crippen LogP contribution in [0.15, 0.2) is 46.1 Å². The molecule has 1 aliphatic heterocycles. The van der Waals surface area contributed by atoms with E-state index in [1.54, 1.807) is 6.07 Å². The number of nitrogens with zero attached hydrogens (tertiary/aromatic N) is 1. The van der Waals surface area contributed by atoms with Crippen molar-refractivity contribution in [2.45, 2.75) is 30.4 Å². The van der Waals surface area contributed by atoms with Crippen molar-refractivity contribution in [3.63, 3.8) is 0 Å². The van der Waals surface area contributed by atoms with Crippen LogP contribution >= 0.6 is 0 Å². The highest BCUT2D eigenvalue weighted by Crippen LogP contribution is 2.39. The Kier molecular flexibility index (Phi) is 3.24. The summed E-state index contributed by atoms with van der Waals surface area (Å²) < 4.78 is 36.0. The first-order chi connectivity index (χ1) is 11.5. The first-order valence-corrected chi connectivity index (χ1v) is 8.83. The number of furan rings is 1. The summed E-state index contributed by atoms with van der Waals surface area (Å²) in [6, 6.07) is 5.38. The van der Waals surface area contributed by atoms with Gasteiger partial charge in [-0.15, -0.1) is 0 Å². The van der Waals surface area contributed by atoms with Crippen LogP contribution in [0.1, 0.15) is 39.1 Å².